The Hall–Kier alpha value is -5.26. The van der Waals surface area contributed by atoms with Crippen LogP contribution in [0.3, 0.4) is 0 Å². The number of primary amides is 1. The van der Waals surface area contributed by atoms with Crippen LogP contribution in [0.15, 0.2) is 97.3 Å². The van der Waals surface area contributed by atoms with Crippen LogP contribution in [0.5, 0.6) is 0 Å². The molecule has 2 amide bonds. The second kappa shape index (κ2) is 11.1. The molecule has 0 atom stereocenters. The second-order valence-electron chi connectivity index (χ2n) is 10.2. The Morgan fingerprint density at radius 1 is 0.780 bits per heavy atom. The van der Waals surface area contributed by atoms with Crippen molar-refractivity contribution in [1.82, 2.24) is 19.2 Å². The molecule has 0 bridgehead atoms. The smallest absolute Gasteiger partial charge is 0.253 e. The summed E-state index contributed by atoms with van der Waals surface area (Å²) in [7, 11) is 0. The number of nitrogens with two attached hydrogens (primary N) is 1. The van der Waals surface area contributed by atoms with Crippen LogP contribution in [0.2, 0.25) is 0 Å². The molecule has 2 N–H and O–H groups in total. The van der Waals surface area contributed by atoms with Crippen LogP contribution in [0, 0.1) is 11.3 Å². The van der Waals surface area contributed by atoms with Gasteiger partial charge in [-0.1, -0.05) is 36.4 Å². The number of imidazole rings is 1. The number of benzene rings is 3. The van der Waals surface area contributed by atoms with Crippen molar-refractivity contribution in [3.63, 3.8) is 0 Å². The van der Waals surface area contributed by atoms with Crippen molar-refractivity contribution in [1.29, 1.82) is 5.26 Å². The highest BCUT2D eigenvalue weighted by molar-refractivity contribution is 5.95. The van der Waals surface area contributed by atoms with Crippen molar-refractivity contribution in [2.45, 2.75) is 6.54 Å². The SMILES string of the molecule is N#Cc1ccc(-c2cnc3ccc(-c4ccc(C(=O)N5CCN(Cc6ccc(C(N)=O)cc6)CC5)cc4)cn23)cc1. The minimum absolute atomic E-state index is 0.0372. The Morgan fingerprint density at radius 3 is 2.07 bits per heavy atom. The third kappa shape index (κ3) is 5.44. The molecule has 0 radical (unpaired) electrons. The maximum absolute atomic E-state index is 13.2. The molecule has 8 nitrogen and oxygen atoms in total. The number of nitrogens with zero attached hydrogens (tertiary/aromatic N) is 5. The van der Waals surface area contributed by atoms with Gasteiger partial charge in [0.1, 0.15) is 5.65 Å². The van der Waals surface area contributed by atoms with E-state index in [-0.39, 0.29) is 5.91 Å². The molecule has 5 aromatic rings. The molecule has 2 aromatic heterocycles. The molecule has 1 saturated heterocycles. The van der Waals surface area contributed by atoms with E-state index in [1.165, 1.54) is 0 Å². The van der Waals surface area contributed by atoms with Gasteiger partial charge in [0.2, 0.25) is 5.91 Å². The molecule has 1 aliphatic rings. The fourth-order valence-corrected chi connectivity index (χ4v) is 5.21. The molecule has 41 heavy (non-hydrogen) atoms. The zero-order valence-corrected chi connectivity index (χ0v) is 22.4. The first kappa shape index (κ1) is 26.0. The highest BCUT2D eigenvalue weighted by Gasteiger charge is 2.22. The molecule has 0 aliphatic carbocycles. The van der Waals surface area contributed by atoms with Gasteiger partial charge in [0.05, 0.1) is 23.5 Å². The highest BCUT2D eigenvalue weighted by atomic mass is 16.2. The minimum Gasteiger partial charge on any atom is -0.366 e. The van der Waals surface area contributed by atoms with E-state index < -0.39 is 5.91 Å². The lowest BCUT2D eigenvalue weighted by Crippen LogP contribution is -2.48. The van der Waals surface area contributed by atoms with Crippen LogP contribution >= 0.6 is 0 Å². The number of carbonyl (C=O) groups is 2. The molecular weight excluding hydrogens is 512 g/mol. The summed E-state index contributed by atoms with van der Waals surface area (Å²) in [6.45, 7) is 3.66. The fourth-order valence-electron chi connectivity index (χ4n) is 5.21. The van der Waals surface area contributed by atoms with Gasteiger partial charge in [0.15, 0.2) is 0 Å². The van der Waals surface area contributed by atoms with E-state index in [1.807, 2.05) is 82.4 Å². The van der Waals surface area contributed by atoms with E-state index in [1.54, 1.807) is 24.3 Å². The summed E-state index contributed by atoms with van der Waals surface area (Å²) < 4.78 is 2.04. The molecule has 3 aromatic carbocycles. The summed E-state index contributed by atoms with van der Waals surface area (Å²) in [5.41, 5.74) is 13.0. The van der Waals surface area contributed by atoms with Crippen LogP contribution < -0.4 is 5.73 Å². The average Bonchev–Trinajstić information content (AvgIpc) is 3.45. The topological polar surface area (TPSA) is 108 Å². The van der Waals surface area contributed by atoms with Crippen LogP contribution in [-0.2, 0) is 6.54 Å². The van der Waals surface area contributed by atoms with Gasteiger partial charge in [0, 0.05) is 55.6 Å². The van der Waals surface area contributed by atoms with Gasteiger partial charge < -0.3 is 10.6 Å². The van der Waals surface area contributed by atoms with E-state index >= 15 is 0 Å². The molecule has 0 spiro atoms. The predicted octanol–water partition coefficient (Wildman–Crippen LogP) is 4.60. The number of hydrogen-bond donors (Lipinski definition) is 1. The lowest BCUT2D eigenvalue weighted by molar-refractivity contribution is 0.0628. The molecule has 1 aliphatic heterocycles. The van der Waals surface area contributed by atoms with E-state index in [2.05, 4.69) is 16.0 Å². The summed E-state index contributed by atoms with van der Waals surface area (Å²) in [5, 5.41) is 9.10. The normalized spacial score (nSPS) is 13.7. The predicted molar refractivity (Wildman–Crippen MR) is 157 cm³/mol. The Bertz CT molecular complexity index is 1760. The monoisotopic (exact) mass is 540 g/mol. The van der Waals surface area contributed by atoms with Gasteiger partial charge in [-0.25, -0.2) is 4.98 Å². The van der Waals surface area contributed by atoms with Gasteiger partial charge in [-0.15, -0.1) is 0 Å². The highest BCUT2D eigenvalue weighted by Crippen LogP contribution is 2.26. The molecular formula is C33H28N6O2. The van der Waals surface area contributed by atoms with Gasteiger partial charge in [-0.2, -0.15) is 5.26 Å². The summed E-state index contributed by atoms with van der Waals surface area (Å²) in [4.78, 5) is 33.3. The Balaban J connectivity index is 1.11. The molecule has 6 rings (SSSR count). The average molecular weight is 541 g/mol. The summed E-state index contributed by atoms with van der Waals surface area (Å²) in [6, 6.07) is 28.7. The molecule has 202 valence electrons. The number of rotatable bonds is 6. The first-order valence-corrected chi connectivity index (χ1v) is 13.5. The fraction of sp³-hybridized carbons (Fsp3) is 0.152. The Morgan fingerprint density at radius 2 is 1.41 bits per heavy atom. The lowest BCUT2D eigenvalue weighted by atomic mass is 10.0. The number of pyridine rings is 1. The summed E-state index contributed by atoms with van der Waals surface area (Å²) in [6.07, 6.45) is 3.88. The number of fused-ring (bicyclic) bond motifs is 1. The third-order valence-electron chi connectivity index (χ3n) is 7.58. The van der Waals surface area contributed by atoms with E-state index in [4.69, 9.17) is 11.0 Å². The van der Waals surface area contributed by atoms with Gasteiger partial charge in [-0.3, -0.25) is 18.9 Å². The Labute approximate surface area is 237 Å². The van der Waals surface area contributed by atoms with Crippen molar-refractivity contribution in [2.24, 2.45) is 5.73 Å². The second-order valence-corrected chi connectivity index (χ2v) is 10.2. The van der Waals surface area contributed by atoms with Gasteiger partial charge >= 0.3 is 0 Å². The van der Waals surface area contributed by atoms with Crippen molar-refractivity contribution in [3.05, 3.63) is 120 Å². The molecule has 1 fully saturated rings. The van der Waals surface area contributed by atoms with Crippen LogP contribution in [-0.4, -0.2) is 57.2 Å². The van der Waals surface area contributed by atoms with Crippen molar-refractivity contribution < 1.29 is 9.59 Å². The van der Waals surface area contributed by atoms with E-state index in [0.29, 0.717) is 29.8 Å². The molecule has 0 unspecified atom stereocenters. The van der Waals surface area contributed by atoms with Crippen LogP contribution in [0.25, 0.3) is 28.0 Å². The molecule has 0 saturated carbocycles. The molecule has 8 heteroatoms. The first-order valence-electron chi connectivity index (χ1n) is 13.5. The quantitative estimate of drug-likeness (QED) is 0.339. The lowest BCUT2D eigenvalue weighted by Gasteiger charge is -2.34. The number of amides is 2. The number of aromatic nitrogens is 2. The zero-order chi connectivity index (χ0) is 28.3. The van der Waals surface area contributed by atoms with Crippen LogP contribution in [0.1, 0.15) is 31.8 Å². The number of piperazine rings is 1. The number of carbonyl (C=O) groups excluding carboxylic acids is 2. The summed E-state index contributed by atoms with van der Waals surface area (Å²) >= 11 is 0. The molecule has 3 heterocycles. The standard InChI is InChI=1S/C33H28N6O2/c34-19-23-1-5-26(6-2-23)30-20-36-31-14-13-29(22-39(30)31)25-9-11-28(12-10-25)33(41)38-17-15-37(16-18-38)21-24-3-7-27(8-4-24)32(35)40/h1-14,20,22H,15-18,21H2,(H2,35,40). The van der Waals surface area contributed by atoms with Crippen molar-refractivity contribution in [3.8, 4) is 28.5 Å². The number of nitriles is 1. The van der Waals surface area contributed by atoms with Crippen LogP contribution in [0.4, 0.5) is 0 Å². The van der Waals surface area contributed by atoms with Crippen molar-refractivity contribution in [2.75, 3.05) is 26.2 Å². The van der Waals surface area contributed by atoms with E-state index in [9.17, 15) is 9.59 Å². The Kier molecular flexibility index (Phi) is 7.02. The van der Waals surface area contributed by atoms with E-state index in [0.717, 1.165) is 53.2 Å². The maximum Gasteiger partial charge on any atom is 0.253 e. The van der Waals surface area contributed by atoms with Crippen molar-refractivity contribution >= 4 is 17.5 Å². The number of hydrogen-bond acceptors (Lipinski definition) is 5. The van der Waals surface area contributed by atoms with Gasteiger partial charge in [-0.05, 0) is 65.2 Å². The van der Waals surface area contributed by atoms with Gasteiger partial charge in [0.25, 0.3) is 5.91 Å². The largest absolute Gasteiger partial charge is 0.366 e. The first-order chi connectivity index (χ1) is 20.0. The maximum atomic E-state index is 13.2. The summed E-state index contributed by atoms with van der Waals surface area (Å²) in [5.74, 6) is -0.389. The minimum atomic E-state index is -0.426. The zero-order valence-electron chi connectivity index (χ0n) is 22.4. The third-order valence-corrected chi connectivity index (χ3v) is 7.58.